The number of nitrogens with zero attached hydrogens (tertiary/aromatic N) is 5. The first-order chi connectivity index (χ1) is 13.6. The molecule has 1 aliphatic rings. The fourth-order valence-corrected chi connectivity index (χ4v) is 3.65. The standard InChI is InChI=1S/C20H16FN5O2/c21-16-4-1-5-18(15(16)13-22)24-9-11-25(12-10-24)19-7-6-17-14(3-2-8-23-17)20(19)26(27)28/h1-8H,9-12H2. The average molecular weight is 377 g/mol. The number of hydrogen-bond acceptors (Lipinski definition) is 6. The van der Waals surface area contributed by atoms with Crippen LogP contribution in [0.1, 0.15) is 5.56 Å². The number of piperazine rings is 1. The molecule has 0 aliphatic carbocycles. The summed E-state index contributed by atoms with van der Waals surface area (Å²) in [5.41, 5.74) is 1.75. The van der Waals surface area contributed by atoms with E-state index in [0.29, 0.717) is 48.5 Å². The van der Waals surface area contributed by atoms with E-state index in [4.69, 9.17) is 0 Å². The number of fused-ring (bicyclic) bond motifs is 1. The Morgan fingerprint density at radius 1 is 1.04 bits per heavy atom. The van der Waals surface area contributed by atoms with Gasteiger partial charge < -0.3 is 9.80 Å². The van der Waals surface area contributed by atoms with Crippen LogP contribution in [0, 0.1) is 27.3 Å². The third-order valence-corrected chi connectivity index (χ3v) is 4.98. The van der Waals surface area contributed by atoms with Gasteiger partial charge in [0.15, 0.2) is 0 Å². The van der Waals surface area contributed by atoms with E-state index in [1.54, 1.807) is 42.6 Å². The lowest BCUT2D eigenvalue weighted by atomic mass is 10.1. The Bertz CT molecular complexity index is 1100. The van der Waals surface area contributed by atoms with E-state index in [9.17, 15) is 19.8 Å². The smallest absolute Gasteiger partial charge is 0.301 e. The van der Waals surface area contributed by atoms with Gasteiger partial charge in [-0.05, 0) is 36.4 Å². The summed E-state index contributed by atoms with van der Waals surface area (Å²) in [6.07, 6.45) is 1.61. The van der Waals surface area contributed by atoms with Crippen molar-refractivity contribution in [2.45, 2.75) is 0 Å². The van der Waals surface area contributed by atoms with Crippen LogP contribution < -0.4 is 9.80 Å². The van der Waals surface area contributed by atoms with E-state index in [1.165, 1.54) is 6.07 Å². The van der Waals surface area contributed by atoms with Gasteiger partial charge in [0, 0.05) is 32.4 Å². The summed E-state index contributed by atoms with van der Waals surface area (Å²) in [5, 5.41) is 21.5. The van der Waals surface area contributed by atoms with E-state index in [1.807, 2.05) is 15.9 Å². The SMILES string of the molecule is N#Cc1c(F)cccc1N1CCN(c2ccc3ncccc3c2[N+](=O)[O-])CC1. The lowest BCUT2D eigenvalue weighted by molar-refractivity contribution is -0.382. The molecule has 8 heteroatoms. The molecule has 7 nitrogen and oxygen atoms in total. The fourth-order valence-electron chi connectivity index (χ4n) is 3.65. The van der Waals surface area contributed by atoms with Crippen LogP contribution in [0.2, 0.25) is 0 Å². The number of pyridine rings is 1. The van der Waals surface area contributed by atoms with Crippen LogP contribution in [0.5, 0.6) is 0 Å². The van der Waals surface area contributed by atoms with Crippen molar-refractivity contribution in [2.24, 2.45) is 0 Å². The molecular formula is C20H16FN5O2. The normalized spacial score (nSPS) is 14.1. The molecule has 1 aromatic heterocycles. The molecule has 140 valence electrons. The predicted molar refractivity (Wildman–Crippen MR) is 104 cm³/mol. The summed E-state index contributed by atoms with van der Waals surface area (Å²) in [4.78, 5) is 19.5. The highest BCUT2D eigenvalue weighted by molar-refractivity contribution is 5.94. The highest BCUT2D eigenvalue weighted by Gasteiger charge is 2.27. The second-order valence-corrected chi connectivity index (χ2v) is 6.48. The van der Waals surface area contributed by atoms with E-state index in [-0.39, 0.29) is 16.2 Å². The van der Waals surface area contributed by atoms with Gasteiger partial charge in [0.05, 0.1) is 21.5 Å². The maximum atomic E-state index is 13.9. The van der Waals surface area contributed by atoms with Crippen LogP contribution in [0.25, 0.3) is 10.9 Å². The van der Waals surface area contributed by atoms with Crippen LogP contribution in [0.4, 0.5) is 21.5 Å². The molecule has 0 unspecified atom stereocenters. The minimum atomic E-state index is -0.542. The highest BCUT2D eigenvalue weighted by atomic mass is 19.1. The molecule has 0 bridgehead atoms. The molecule has 28 heavy (non-hydrogen) atoms. The van der Waals surface area contributed by atoms with E-state index < -0.39 is 5.82 Å². The molecule has 2 aromatic carbocycles. The number of benzene rings is 2. The number of nitriles is 1. The van der Waals surface area contributed by atoms with Crippen molar-refractivity contribution in [1.29, 1.82) is 5.26 Å². The molecule has 0 amide bonds. The van der Waals surface area contributed by atoms with E-state index in [2.05, 4.69) is 4.98 Å². The van der Waals surface area contributed by atoms with Crippen LogP contribution in [0.15, 0.2) is 48.7 Å². The zero-order chi connectivity index (χ0) is 19.7. The van der Waals surface area contributed by atoms with Gasteiger partial charge in [0.2, 0.25) is 0 Å². The topological polar surface area (TPSA) is 86.3 Å². The zero-order valence-corrected chi connectivity index (χ0v) is 14.9. The van der Waals surface area contributed by atoms with Crippen molar-refractivity contribution >= 4 is 28.0 Å². The van der Waals surface area contributed by atoms with Gasteiger partial charge in [-0.2, -0.15) is 5.26 Å². The molecule has 1 fully saturated rings. The highest BCUT2D eigenvalue weighted by Crippen LogP contribution is 2.36. The number of hydrogen-bond donors (Lipinski definition) is 0. The van der Waals surface area contributed by atoms with Gasteiger partial charge in [-0.25, -0.2) is 4.39 Å². The van der Waals surface area contributed by atoms with E-state index >= 15 is 0 Å². The Morgan fingerprint density at radius 3 is 2.43 bits per heavy atom. The lowest BCUT2D eigenvalue weighted by Gasteiger charge is -2.37. The molecular weight excluding hydrogens is 361 g/mol. The zero-order valence-electron chi connectivity index (χ0n) is 14.9. The maximum absolute atomic E-state index is 13.9. The van der Waals surface area contributed by atoms with Gasteiger partial charge in [-0.1, -0.05) is 6.07 Å². The summed E-state index contributed by atoms with van der Waals surface area (Å²) < 4.78 is 13.9. The molecule has 2 heterocycles. The summed E-state index contributed by atoms with van der Waals surface area (Å²) in [5.74, 6) is -0.542. The quantitative estimate of drug-likeness (QED) is 0.513. The van der Waals surface area contributed by atoms with Crippen molar-refractivity contribution in [3.8, 4) is 6.07 Å². The minimum Gasteiger partial charge on any atom is -0.367 e. The summed E-state index contributed by atoms with van der Waals surface area (Å²) in [7, 11) is 0. The summed E-state index contributed by atoms with van der Waals surface area (Å²) in [6.45, 7) is 2.10. The van der Waals surface area contributed by atoms with Gasteiger partial charge in [-0.3, -0.25) is 15.1 Å². The number of halogens is 1. The molecule has 1 saturated heterocycles. The van der Waals surface area contributed by atoms with Crippen LogP contribution in [-0.4, -0.2) is 36.1 Å². The molecule has 3 aromatic rings. The first kappa shape index (κ1) is 17.7. The Balaban J connectivity index is 1.63. The third kappa shape index (κ3) is 2.97. The van der Waals surface area contributed by atoms with E-state index in [0.717, 1.165) is 0 Å². The minimum absolute atomic E-state index is 0.0266. The number of aromatic nitrogens is 1. The summed E-state index contributed by atoms with van der Waals surface area (Å²) >= 11 is 0. The monoisotopic (exact) mass is 377 g/mol. The molecule has 4 rings (SSSR count). The Hall–Kier alpha value is -3.73. The van der Waals surface area contributed by atoms with Crippen LogP contribution >= 0.6 is 0 Å². The third-order valence-electron chi connectivity index (χ3n) is 4.98. The Morgan fingerprint density at radius 2 is 1.75 bits per heavy atom. The molecule has 1 aliphatic heterocycles. The molecule has 0 atom stereocenters. The van der Waals surface area contributed by atoms with Gasteiger partial charge >= 0.3 is 5.69 Å². The first-order valence-electron chi connectivity index (χ1n) is 8.81. The van der Waals surface area contributed by atoms with Gasteiger partial charge in [-0.15, -0.1) is 0 Å². The Labute approximate surface area is 160 Å². The predicted octanol–water partition coefficient (Wildman–Crippen LogP) is 3.48. The largest absolute Gasteiger partial charge is 0.367 e. The van der Waals surface area contributed by atoms with Gasteiger partial charge in [0.1, 0.15) is 23.1 Å². The van der Waals surface area contributed by atoms with Gasteiger partial charge in [0.25, 0.3) is 0 Å². The number of anilines is 2. The Kier molecular flexibility index (Phi) is 4.49. The van der Waals surface area contributed by atoms with Crippen molar-refractivity contribution in [3.05, 3.63) is 70.2 Å². The molecule has 0 spiro atoms. The van der Waals surface area contributed by atoms with Crippen molar-refractivity contribution < 1.29 is 9.31 Å². The number of nitro groups is 1. The maximum Gasteiger partial charge on any atom is 0.301 e. The average Bonchev–Trinajstić information content (AvgIpc) is 2.72. The molecule has 0 saturated carbocycles. The number of nitro benzene ring substituents is 1. The molecule has 0 N–H and O–H groups in total. The first-order valence-corrected chi connectivity index (χ1v) is 8.81. The summed E-state index contributed by atoms with van der Waals surface area (Å²) in [6, 6.07) is 13.4. The second kappa shape index (κ2) is 7.12. The van der Waals surface area contributed by atoms with Crippen molar-refractivity contribution in [1.82, 2.24) is 4.98 Å². The van der Waals surface area contributed by atoms with Crippen molar-refractivity contribution in [3.63, 3.8) is 0 Å². The fraction of sp³-hybridized carbons (Fsp3) is 0.200. The lowest BCUT2D eigenvalue weighted by Crippen LogP contribution is -2.47. The van der Waals surface area contributed by atoms with Crippen molar-refractivity contribution in [2.75, 3.05) is 36.0 Å². The second-order valence-electron chi connectivity index (χ2n) is 6.48. The number of rotatable bonds is 3. The van der Waals surface area contributed by atoms with Crippen LogP contribution in [-0.2, 0) is 0 Å². The van der Waals surface area contributed by atoms with Crippen LogP contribution in [0.3, 0.4) is 0 Å². The molecule has 0 radical (unpaired) electrons.